The Morgan fingerprint density at radius 2 is 1.83 bits per heavy atom. The minimum absolute atomic E-state index is 0.0216. The first-order valence-electron chi connectivity index (χ1n) is 10.4. The van der Waals surface area contributed by atoms with Crippen molar-refractivity contribution in [3.63, 3.8) is 0 Å². The highest BCUT2D eigenvalue weighted by Crippen LogP contribution is 2.29. The Bertz CT molecular complexity index is 1150. The molecule has 0 spiro atoms. The quantitative estimate of drug-likeness (QED) is 0.700. The van der Waals surface area contributed by atoms with E-state index in [0.29, 0.717) is 30.8 Å². The van der Waals surface area contributed by atoms with E-state index >= 15 is 0 Å². The van der Waals surface area contributed by atoms with Gasteiger partial charge in [0.25, 0.3) is 5.91 Å². The van der Waals surface area contributed by atoms with Gasteiger partial charge in [0.05, 0.1) is 22.5 Å². The van der Waals surface area contributed by atoms with Crippen LogP contribution in [-0.2, 0) is 10.0 Å². The third kappa shape index (κ3) is 3.45. The van der Waals surface area contributed by atoms with Crippen molar-refractivity contribution in [1.29, 1.82) is 0 Å². The van der Waals surface area contributed by atoms with Crippen LogP contribution in [0.25, 0.3) is 11.0 Å². The Morgan fingerprint density at radius 3 is 2.57 bits per heavy atom. The lowest BCUT2D eigenvalue weighted by Gasteiger charge is -2.32. The number of imidazole rings is 1. The van der Waals surface area contributed by atoms with Crippen LogP contribution in [0.5, 0.6) is 0 Å². The molecule has 5 rings (SSSR count). The molecule has 1 amide bonds. The monoisotopic (exact) mass is 424 g/mol. The molecule has 2 fully saturated rings. The molecule has 0 saturated carbocycles. The standard InChI is InChI=1S/C22H24N4O3S/c27-22(16-8-10-18(11-9-16)26-13-4-14-30(26,28)29)25-12-3-5-17(15-25)21-23-19-6-1-2-7-20(19)24-21/h1-2,6-11,17H,3-5,12-15H2,(H,23,24). The van der Waals surface area contributed by atoms with Gasteiger partial charge < -0.3 is 9.88 Å². The van der Waals surface area contributed by atoms with Crippen LogP contribution in [0.2, 0.25) is 0 Å². The van der Waals surface area contributed by atoms with Crippen LogP contribution in [0.3, 0.4) is 0 Å². The maximum Gasteiger partial charge on any atom is 0.253 e. The molecule has 2 aliphatic heterocycles. The molecule has 0 radical (unpaired) electrons. The number of hydrogen-bond acceptors (Lipinski definition) is 4. The zero-order valence-electron chi connectivity index (χ0n) is 16.6. The molecule has 3 aromatic rings. The maximum absolute atomic E-state index is 13.1. The number of anilines is 1. The Labute approximate surface area is 175 Å². The number of rotatable bonds is 3. The molecule has 3 heterocycles. The van der Waals surface area contributed by atoms with Crippen LogP contribution in [-0.4, -0.2) is 54.6 Å². The minimum Gasteiger partial charge on any atom is -0.342 e. The van der Waals surface area contributed by atoms with Gasteiger partial charge in [-0.25, -0.2) is 13.4 Å². The van der Waals surface area contributed by atoms with Gasteiger partial charge in [0.1, 0.15) is 5.82 Å². The highest BCUT2D eigenvalue weighted by atomic mass is 32.2. The summed E-state index contributed by atoms with van der Waals surface area (Å²) in [5.41, 5.74) is 3.18. The van der Waals surface area contributed by atoms with E-state index in [1.54, 1.807) is 24.3 Å². The molecule has 0 bridgehead atoms. The molecule has 2 aliphatic rings. The lowest BCUT2D eigenvalue weighted by molar-refractivity contribution is 0.0705. The number of carbonyl (C=O) groups is 1. The first kappa shape index (κ1) is 19.1. The summed E-state index contributed by atoms with van der Waals surface area (Å²) in [5.74, 6) is 1.28. The molecule has 1 N–H and O–H groups in total. The highest BCUT2D eigenvalue weighted by molar-refractivity contribution is 7.93. The van der Waals surface area contributed by atoms with Gasteiger partial charge in [-0.2, -0.15) is 0 Å². The molecule has 8 heteroatoms. The van der Waals surface area contributed by atoms with Crippen molar-refractivity contribution in [3.05, 3.63) is 59.9 Å². The second-order valence-electron chi connectivity index (χ2n) is 8.02. The van der Waals surface area contributed by atoms with E-state index < -0.39 is 10.0 Å². The predicted octanol–water partition coefficient (Wildman–Crippen LogP) is 3.12. The molecule has 0 aliphatic carbocycles. The fourth-order valence-corrected chi connectivity index (χ4v) is 6.00. The number of hydrogen-bond donors (Lipinski definition) is 1. The van der Waals surface area contributed by atoms with Crippen LogP contribution in [0.15, 0.2) is 48.5 Å². The summed E-state index contributed by atoms with van der Waals surface area (Å²) in [6.45, 7) is 1.85. The zero-order valence-corrected chi connectivity index (χ0v) is 17.4. The Hall–Kier alpha value is -2.87. The molecule has 1 atom stereocenters. The number of benzene rings is 2. The maximum atomic E-state index is 13.1. The molecule has 30 heavy (non-hydrogen) atoms. The summed E-state index contributed by atoms with van der Waals surface area (Å²) in [6.07, 6.45) is 2.56. The van der Waals surface area contributed by atoms with E-state index in [-0.39, 0.29) is 17.6 Å². The summed E-state index contributed by atoms with van der Waals surface area (Å²) < 4.78 is 25.6. The van der Waals surface area contributed by atoms with Gasteiger partial charge >= 0.3 is 0 Å². The van der Waals surface area contributed by atoms with Gasteiger partial charge in [-0.05, 0) is 55.7 Å². The smallest absolute Gasteiger partial charge is 0.253 e. The number of aromatic nitrogens is 2. The van der Waals surface area contributed by atoms with Crippen LogP contribution in [0.1, 0.15) is 41.4 Å². The normalized spacial score (nSPS) is 21.3. The fourth-order valence-electron chi connectivity index (χ4n) is 4.43. The first-order valence-corrected chi connectivity index (χ1v) is 12.0. The fraction of sp³-hybridized carbons (Fsp3) is 0.364. The summed E-state index contributed by atoms with van der Waals surface area (Å²) in [5, 5.41) is 0. The number of nitrogens with one attached hydrogen (secondary N) is 1. The molecular weight excluding hydrogens is 400 g/mol. The van der Waals surface area contributed by atoms with E-state index in [9.17, 15) is 13.2 Å². The lowest BCUT2D eigenvalue weighted by Crippen LogP contribution is -2.39. The number of likely N-dealkylation sites (tertiary alicyclic amines) is 1. The number of amides is 1. The number of para-hydroxylation sites is 2. The van der Waals surface area contributed by atoms with Crippen molar-refractivity contribution in [1.82, 2.24) is 14.9 Å². The van der Waals surface area contributed by atoms with Gasteiger partial charge in [-0.1, -0.05) is 12.1 Å². The van der Waals surface area contributed by atoms with Crippen molar-refractivity contribution in [2.45, 2.75) is 25.2 Å². The summed E-state index contributed by atoms with van der Waals surface area (Å²) in [7, 11) is -3.22. The van der Waals surface area contributed by atoms with Crippen LogP contribution >= 0.6 is 0 Å². The molecule has 7 nitrogen and oxygen atoms in total. The first-order chi connectivity index (χ1) is 14.5. The molecule has 1 aromatic heterocycles. The molecular formula is C22H24N4O3S. The molecule has 156 valence electrons. The highest BCUT2D eigenvalue weighted by Gasteiger charge is 2.30. The third-order valence-corrected chi connectivity index (χ3v) is 7.87. The average molecular weight is 425 g/mol. The van der Waals surface area contributed by atoms with E-state index in [4.69, 9.17) is 4.98 Å². The second kappa shape index (κ2) is 7.43. The van der Waals surface area contributed by atoms with Crippen LogP contribution in [0, 0.1) is 0 Å². The van der Waals surface area contributed by atoms with Crippen molar-refractivity contribution in [3.8, 4) is 0 Å². The van der Waals surface area contributed by atoms with E-state index in [0.717, 1.165) is 36.2 Å². The SMILES string of the molecule is O=C(c1ccc(N2CCCS2(=O)=O)cc1)N1CCCC(c2nc3ccccc3[nH]2)C1. The largest absolute Gasteiger partial charge is 0.342 e. The molecule has 1 unspecified atom stereocenters. The number of aromatic amines is 1. The van der Waals surface area contributed by atoms with Crippen molar-refractivity contribution in [2.75, 3.05) is 29.7 Å². The number of sulfonamides is 1. The number of piperidine rings is 1. The second-order valence-corrected chi connectivity index (χ2v) is 10.0. The number of nitrogens with zero attached hydrogens (tertiary/aromatic N) is 3. The predicted molar refractivity (Wildman–Crippen MR) is 116 cm³/mol. The topological polar surface area (TPSA) is 86.4 Å². The van der Waals surface area contributed by atoms with Gasteiger partial charge in [0.2, 0.25) is 10.0 Å². The minimum atomic E-state index is -3.22. The van der Waals surface area contributed by atoms with E-state index in [1.165, 1.54) is 4.31 Å². The Kier molecular flexibility index (Phi) is 4.73. The Morgan fingerprint density at radius 1 is 1.03 bits per heavy atom. The third-order valence-electron chi connectivity index (χ3n) is 6.00. The van der Waals surface area contributed by atoms with E-state index in [1.807, 2.05) is 29.2 Å². The average Bonchev–Trinajstić information content (AvgIpc) is 3.36. The number of H-pyrrole nitrogens is 1. The van der Waals surface area contributed by atoms with Crippen molar-refractivity contribution >= 4 is 32.7 Å². The Balaban J connectivity index is 1.32. The summed E-state index contributed by atoms with van der Waals surface area (Å²) in [4.78, 5) is 23.1. The van der Waals surface area contributed by atoms with Crippen molar-refractivity contribution in [2.24, 2.45) is 0 Å². The number of fused-ring (bicyclic) bond motifs is 1. The molecule has 2 aromatic carbocycles. The van der Waals surface area contributed by atoms with Crippen LogP contribution < -0.4 is 4.31 Å². The van der Waals surface area contributed by atoms with Gasteiger partial charge in [-0.15, -0.1) is 0 Å². The number of carbonyl (C=O) groups excluding carboxylic acids is 1. The van der Waals surface area contributed by atoms with Crippen molar-refractivity contribution < 1.29 is 13.2 Å². The molecule has 2 saturated heterocycles. The van der Waals surface area contributed by atoms with Gasteiger partial charge in [0, 0.05) is 31.1 Å². The van der Waals surface area contributed by atoms with Crippen LogP contribution in [0.4, 0.5) is 5.69 Å². The van der Waals surface area contributed by atoms with Gasteiger partial charge in [0.15, 0.2) is 0 Å². The summed E-state index contributed by atoms with van der Waals surface area (Å²) in [6, 6.07) is 14.9. The zero-order chi connectivity index (χ0) is 20.7. The van der Waals surface area contributed by atoms with E-state index in [2.05, 4.69) is 4.98 Å². The summed E-state index contributed by atoms with van der Waals surface area (Å²) >= 11 is 0. The lowest BCUT2D eigenvalue weighted by atomic mass is 9.96. The van der Waals surface area contributed by atoms with Gasteiger partial charge in [-0.3, -0.25) is 9.10 Å².